The zero-order valence-corrected chi connectivity index (χ0v) is 26.3. The van der Waals surface area contributed by atoms with Crippen molar-refractivity contribution in [3.63, 3.8) is 0 Å². The molecule has 3 aromatic carbocycles. The second-order valence-corrected chi connectivity index (χ2v) is 11.5. The molecule has 240 valence electrons. The van der Waals surface area contributed by atoms with E-state index in [-0.39, 0.29) is 46.6 Å². The number of hydrogen-bond acceptors (Lipinski definition) is 8. The summed E-state index contributed by atoms with van der Waals surface area (Å²) in [6.45, 7) is 4.83. The van der Waals surface area contributed by atoms with Crippen LogP contribution in [0.1, 0.15) is 32.6 Å². The van der Waals surface area contributed by atoms with E-state index in [1.807, 2.05) is 11.9 Å². The minimum atomic E-state index is -4.59. The van der Waals surface area contributed by atoms with E-state index >= 15 is 0 Å². The number of aliphatic imine (C=N–C) groups is 1. The standard InChI is InChI=1S/C33H33ClF3N7O2/c1-20-7-10-25(46-32-27(18-39-2)29(38)41-30(42-32)21-5-4-6-23(34)15-21)17-26(20)31(45)40-24-9-8-22(28(16-24)33(35,36)37)19-44-13-11-43(3)12-14-44/h4-10,15-18H,11-14,19H2,1-3H3,(H,40,45)(H2,38,41,42). The number of piperazine rings is 1. The molecule has 0 aliphatic carbocycles. The Labute approximate surface area is 269 Å². The highest BCUT2D eigenvalue weighted by Crippen LogP contribution is 2.35. The Hall–Kier alpha value is -4.52. The van der Waals surface area contributed by atoms with Crippen LogP contribution in [0.4, 0.5) is 24.7 Å². The molecule has 13 heteroatoms. The van der Waals surface area contributed by atoms with Gasteiger partial charge in [0.15, 0.2) is 5.82 Å². The summed E-state index contributed by atoms with van der Waals surface area (Å²) >= 11 is 6.15. The van der Waals surface area contributed by atoms with E-state index in [0.717, 1.165) is 19.2 Å². The van der Waals surface area contributed by atoms with Crippen LogP contribution >= 0.6 is 11.6 Å². The molecule has 1 amide bonds. The number of nitrogens with zero attached hydrogens (tertiary/aromatic N) is 5. The minimum absolute atomic E-state index is 0.0290. The lowest BCUT2D eigenvalue weighted by Crippen LogP contribution is -2.44. The largest absolute Gasteiger partial charge is 0.438 e. The van der Waals surface area contributed by atoms with Gasteiger partial charge in [-0.25, -0.2) is 4.98 Å². The van der Waals surface area contributed by atoms with Crippen LogP contribution in [0.2, 0.25) is 5.02 Å². The van der Waals surface area contributed by atoms with E-state index in [2.05, 4.69) is 25.2 Å². The average Bonchev–Trinajstić information content (AvgIpc) is 3.01. The van der Waals surface area contributed by atoms with Crippen molar-refractivity contribution in [1.82, 2.24) is 19.8 Å². The summed E-state index contributed by atoms with van der Waals surface area (Å²) in [5, 5.41) is 3.11. The number of ether oxygens (including phenoxy) is 1. The second-order valence-electron chi connectivity index (χ2n) is 11.0. The van der Waals surface area contributed by atoms with Crippen LogP contribution in [0.25, 0.3) is 11.4 Å². The maximum absolute atomic E-state index is 14.1. The summed E-state index contributed by atoms with van der Waals surface area (Å²) in [6.07, 6.45) is -3.13. The first-order valence-corrected chi connectivity index (χ1v) is 14.9. The predicted octanol–water partition coefficient (Wildman–Crippen LogP) is 6.55. The predicted molar refractivity (Wildman–Crippen MR) is 174 cm³/mol. The number of rotatable bonds is 8. The molecule has 1 fully saturated rings. The van der Waals surface area contributed by atoms with Gasteiger partial charge in [0.2, 0.25) is 5.88 Å². The van der Waals surface area contributed by atoms with Crippen molar-refractivity contribution in [3.05, 3.63) is 93.5 Å². The van der Waals surface area contributed by atoms with Gasteiger partial charge in [0.25, 0.3) is 5.91 Å². The van der Waals surface area contributed by atoms with Crippen molar-refractivity contribution in [1.29, 1.82) is 0 Å². The van der Waals surface area contributed by atoms with Crippen LogP contribution in [-0.4, -0.2) is 72.2 Å². The molecule has 5 rings (SSSR count). The fourth-order valence-corrected chi connectivity index (χ4v) is 5.26. The van der Waals surface area contributed by atoms with Crippen LogP contribution in [0.15, 0.2) is 65.7 Å². The van der Waals surface area contributed by atoms with Crippen LogP contribution in [0.3, 0.4) is 0 Å². The van der Waals surface area contributed by atoms with Crippen LogP contribution in [0, 0.1) is 6.92 Å². The zero-order chi connectivity index (χ0) is 33.0. The Morgan fingerprint density at radius 2 is 1.85 bits per heavy atom. The fourth-order valence-electron chi connectivity index (χ4n) is 5.07. The quantitative estimate of drug-likeness (QED) is 0.208. The first kappa shape index (κ1) is 32.9. The van der Waals surface area contributed by atoms with Crippen LogP contribution in [-0.2, 0) is 12.7 Å². The topological polar surface area (TPSA) is 109 Å². The third-order valence-corrected chi connectivity index (χ3v) is 7.85. The summed E-state index contributed by atoms with van der Waals surface area (Å²) in [5.41, 5.74) is 7.38. The first-order chi connectivity index (χ1) is 21.9. The van der Waals surface area contributed by atoms with Crippen molar-refractivity contribution < 1.29 is 22.7 Å². The smallest absolute Gasteiger partial charge is 0.416 e. The van der Waals surface area contributed by atoms with E-state index in [1.165, 1.54) is 24.4 Å². The number of halogens is 4. The number of carbonyl (C=O) groups excluding carboxylic acids is 1. The van der Waals surface area contributed by atoms with Gasteiger partial charge in [-0.15, -0.1) is 0 Å². The molecule has 1 aliphatic heterocycles. The van der Waals surface area contributed by atoms with Gasteiger partial charge < -0.3 is 20.7 Å². The highest BCUT2D eigenvalue weighted by Gasteiger charge is 2.34. The van der Waals surface area contributed by atoms with Gasteiger partial charge in [-0.3, -0.25) is 14.7 Å². The lowest BCUT2D eigenvalue weighted by atomic mass is 10.0. The number of aromatic nitrogens is 2. The third kappa shape index (κ3) is 7.82. The molecule has 0 atom stereocenters. The Morgan fingerprint density at radius 3 is 2.54 bits per heavy atom. The lowest BCUT2D eigenvalue weighted by Gasteiger charge is -2.33. The molecule has 2 heterocycles. The van der Waals surface area contributed by atoms with Crippen molar-refractivity contribution in [2.75, 3.05) is 51.3 Å². The Bertz CT molecular complexity index is 1770. The molecule has 46 heavy (non-hydrogen) atoms. The summed E-state index contributed by atoms with van der Waals surface area (Å²) in [6, 6.07) is 15.6. The highest BCUT2D eigenvalue weighted by atomic mass is 35.5. The maximum atomic E-state index is 14.1. The van der Waals surface area contributed by atoms with E-state index in [4.69, 9.17) is 22.1 Å². The van der Waals surface area contributed by atoms with Gasteiger partial charge in [-0.2, -0.15) is 18.2 Å². The normalized spacial score (nSPS) is 14.5. The number of benzene rings is 3. The van der Waals surface area contributed by atoms with E-state index < -0.39 is 17.6 Å². The number of carbonyl (C=O) groups is 1. The maximum Gasteiger partial charge on any atom is 0.416 e. The van der Waals surface area contributed by atoms with Gasteiger partial charge >= 0.3 is 6.18 Å². The summed E-state index contributed by atoms with van der Waals surface area (Å²) in [5.74, 6) is 0.126. The highest BCUT2D eigenvalue weighted by molar-refractivity contribution is 6.30. The molecular formula is C33H33ClF3N7O2. The number of aryl methyl sites for hydroxylation is 1. The molecule has 0 spiro atoms. The number of nitrogens with two attached hydrogens (primary N) is 1. The van der Waals surface area contributed by atoms with Gasteiger partial charge in [-0.1, -0.05) is 35.9 Å². The molecule has 1 aromatic heterocycles. The zero-order valence-electron chi connectivity index (χ0n) is 25.5. The lowest BCUT2D eigenvalue weighted by molar-refractivity contribution is -0.138. The molecule has 4 aromatic rings. The molecule has 1 aliphatic rings. The van der Waals surface area contributed by atoms with E-state index in [9.17, 15) is 18.0 Å². The number of nitrogens with one attached hydrogen (secondary N) is 1. The Kier molecular flexibility index (Phi) is 9.90. The Balaban J connectivity index is 1.40. The minimum Gasteiger partial charge on any atom is -0.438 e. The number of alkyl halides is 3. The number of likely N-dealkylation sites (N-methyl/N-ethyl adjacent to an activating group) is 1. The molecule has 1 saturated heterocycles. The fraction of sp³-hybridized carbons (Fsp3) is 0.273. The molecule has 9 nitrogen and oxygen atoms in total. The third-order valence-electron chi connectivity index (χ3n) is 7.61. The average molecular weight is 652 g/mol. The monoisotopic (exact) mass is 651 g/mol. The van der Waals surface area contributed by atoms with E-state index in [1.54, 1.807) is 50.4 Å². The van der Waals surface area contributed by atoms with E-state index in [0.29, 0.717) is 34.8 Å². The van der Waals surface area contributed by atoms with Crippen molar-refractivity contribution >= 4 is 35.2 Å². The van der Waals surface area contributed by atoms with Crippen molar-refractivity contribution in [3.8, 4) is 23.0 Å². The van der Waals surface area contributed by atoms with Crippen LogP contribution in [0.5, 0.6) is 11.6 Å². The second kappa shape index (κ2) is 13.9. The number of nitrogen functional groups attached to an aromatic ring is 1. The Morgan fingerprint density at radius 1 is 1.09 bits per heavy atom. The van der Waals surface area contributed by atoms with Gasteiger partial charge in [0.05, 0.1) is 11.1 Å². The molecule has 3 N–H and O–H groups in total. The summed E-state index contributed by atoms with van der Waals surface area (Å²) < 4.78 is 48.4. The van der Waals surface area contributed by atoms with Gasteiger partial charge in [0, 0.05) is 67.8 Å². The number of amides is 1. The molecular weight excluding hydrogens is 619 g/mol. The SMILES string of the molecule is CN=Cc1c(N)nc(-c2cccc(Cl)c2)nc1Oc1ccc(C)c(C(=O)Nc2ccc(CN3CCN(C)CC3)c(C(F)(F)F)c2)c1. The van der Waals surface area contributed by atoms with Gasteiger partial charge in [0.1, 0.15) is 11.6 Å². The number of hydrogen-bond donors (Lipinski definition) is 2. The van der Waals surface area contributed by atoms with Crippen LogP contribution < -0.4 is 15.8 Å². The first-order valence-electron chi connectivity index (χ1n) is 14.5. The molecule has 0 saturated carbocycles. The van der Waals surface area contributed by atoms with Gasteiger partial charge in [-0.05, 0) is 61.5 Å². The summed E-state index contributed by atoms with van der Waals surface area (Å²) in [4.78, 5) is 30.5. The summed E-state index contributed by atoms with van der Waals surface area (Å²) in [7, 11) is 3.55. The van der Waals surface area contributed by atoms with Crippen molar-refractivity contribution in [2.24, 2.45) is 4.99 Å². The number of anilines is 2. The molecule has 0 bridgehead atoms. The van der Waals surface area contributed by atoms with Crippen molar-refractivity contribution in [2.45, 2.75) is 19.6 Å². The molecule has 0 unspecified atom stereocenters. The molecule has 0 radical (unpaired) electrons.